The Morgan fingerprint density at radius 3 is 2.82 bits per heavy atom. The molecule has 0 N–H and O–H groups in total. The quantitative estimate of drug-likeness (QED) is 0.803. The first-order valence-electron chi connectivity index (χ1n) is 7.60. The van der Waals surface area contributed by atoms with Gasteiger partial charge in [0.1, 0.15) is 11.6 Å². The van der Waals surface area contributed by atoms with E-state index in [0.29, 0.717) is 5.92 Å². The van der Waals surface area contributed by atoms with Crippen LogP contribution in [0.3, 0.4) is 0 Å². The lowest BCUT2D eigenvalue weighted by Crippen LogP contribution is -2.34. The lowest BCUT2D eigenvalue weighted by atomic mass is 10.1. The minimum atomic E-state index is 0.609. The third-order valence-electron chi connectivity index (χ3n) is 3.89. The predicted molar refractivity (Wildman–Crippen MR) is 91.8 cm³/mol. The molecular formula is C16H20BrClN4. The van der Waals surface area contributed by atoms with Crippen molar-refractivity contribution in [3.8, 4) is 0 Å². The van der Waals surface area contributed by atoms with Gasteiger partial charge in [-0.2, -0.15) is 0 Å². The molecule has 3 rings (SSSR count). The second kappa shape index (κ2) is 6.69. The lowest BCUT2D eigenvalue weighted by molar-refractivity contribution is 0.207. The molecular weight excluding hydrogens is 364 g/mol. The summed E-state index contributed by atoms with van der Waals surface area (Å²) >= 11 is 9.54. The molecule has 0 aliphatic carbocycles. The average Bonchev–Trinajstić information content (AvgIpc) is 2.85. The normalized spacial score (nSPS) is 15.3. The molecule has 4 nitrogen and oxygen atoms in total. The Labute approximate surface area is 144 Å². The number of halogens is 2. The molecule has 6 heteroatoms. The number of hydrogen-bond acceptors (Lipinski definition) is 3. The Bertz CT molecular complexity index is 668. The van der Waals surface area contributed by atoms with Crippen molar-refractivity contribution < 1.29 is 0 Å². The zero-order valence-electron chi connectivity index (χ0n) is 12.9. The Kier molecular flexibility index (Phi) is 4.85. The van der Waals surface area contributed by atoms with Crippen LogP contribution >= 0.6 is 27.5 Å². The van der Waals surface area contributed by atoms with Gasteiger partial charge in [0.05, 0.1) is 11.6 Å². The predicted octanol–water partition coefficient (Wildman–Crippen LogP) is 3.91. The van der Waals surface area contributed by atoms with Crippen molar-refractivity contribution in [2.75, 3.05) is 6.54 Å². The Morgan fingerprint density at radius 2 is 2.09 bits per heavy atom. The van der Waals surface area contributed by atoms with Crippen LogP contribution in [0, 0.1) is 5.92 Å². The molecule has 0 saturated carbocycles. The van der Waals surface area contributed by atoms with E-state index in [1.165, 1.54) is 5.56 Å². The first kappa shape index (κ1) is 16.0. The van der Waals surface area contributed by atoms with Crippen molar-refractivity contribution in [3.63, 3.8) is 0 Å². The number of hydrogen-bond donors (Lipinski definition) is 0. The summed E-state index contributed by atoms with van der Waals surface area (Å²) in [6, 6.07) is 6.11. The maximum Gasteiger partial charge on any atom is 0.147 e. The molecule has 1 aromatic heterocycles. The van der Waals surface area contributed by atoms with Crippen molar-refractivity contribution in [2.24, 2.45) is 5.92 Å². The molecule has 1 aliphatic rings. The van der Waals surface area contributed by atoms with Crippen molar-refractivity contribution in [1.29, 1.82) is 0 Å². The van der Waals surface area contributed by atoms with Crippen LogP contribution < -0.4 is 0 Å². The van der Waals surface area contributed by atoms with Crippen molar-refractivity contribution in [1.82, 2.24) is 19.7 Å². The van der Waals surface area contributed by atoms with E-state index in [0.717, 1.165) is 53.7 Å². The SMILES string of the molecule is CC(C)Cc1nnc2n1CCN(Cc1ccc(Cl)c(Br)c1)C2. The minimum absolute atomic E-state index is 0.609. The van der Waals surface area contributed by atoms with Gasteiger partial charge in [-0.15, -0.1) is 10.2 Å². The van der Waals surface area contributed by atoms with Crippen molar-refractivity contribution in [3.05, 3.63) is 44.9 Å². The number of aromatic nitrogens is 3. The second-order valence-corrected chi connectivity index (χ2v) is 7.50. The molecule has 2 aromatic rings. The van der Waals surface area contributed by atoms with Crippen LogP contribution in [0.5, 0.6) is 0 Å². The van der Waals surface area contributed by atoms with E-state index in [4.69, 9.17) is 11.6 Å². The third kappa shape index (κ3) is 3.53. The monoisotopic (exact) mass is 382 g/mol. The van der Waals surface area contributed by atoms with Crippen LogP contribution in [-0.4, -0.2) is 26.2 Å². The molecule has 0 bridgehead atoms. The van der Waals surface area contributed by atoms with Crippen LogP contribution in [-0.2, 0) is 26.1 Å². The van der Waals surface area contributed by atoms with Gasteiger partial charge in [-0.05, 0) is 39.5 Å². The van der Waals surface area contributed by atoms with Gasteiger partial charge in [-0.3, -0.25) is 4.90 Å². The van der Waals surface area contributed by atoms with Gasteiger partial charge in [0.2, 0.25) is 0 Å². The summed E-state index contributed by atoms with van der Waals surface area (Å²) in [6.07, 6.45) is 0.997. The Morgan fingerprint density at radius 1 is 1.27 bits per heavy atom. The summed E-state index contributed by atoms with van der Waals surface area (Å²) in [7, 11) is 0. The summed E-state index contributed by atoms with van der Waals surface area (Å²) in [4.78, 5) is 2.40. The van der Waals surface area contributed by atoms with E-state index in [9.17, 15) is 0 Å². The summed E-state index contributed by atoms with van der Waals surface area (Å²) in [5, 5.41) is 9.49. The van der Waals surface area contributed by atoms with Gasteiger partial charge >= 0.3 is 0 Å². The molecule has 0 amide bonds. The molecule has 0 saturated heterocycles. The maximum absolute atomic E-state index is 6.05. The molecule has 22 heavy (non-hydrogen) atoms. The standard InChI is InChI=1S/C16H20BrClN4/c1-11(2)7-15-19-20-16-10-21(5-6-22(15)16)9-12-3-4-14(18)13(17)8-12/h3-4,8,11H,5-7,9-10H2,1-2H3. The molecule has 0 unspecified atom stereocenters. The largest absolute Gasteiger partial charge is 0.313 e. The third-order valence-corrected chi connectivity index (χ3v) is 5.10. The number of benzene rings is 1. The highest BCUT2D eigenvalue weighted by Crippen LogP contribution is 2.24. The second-order valence-electron chi connectivity index (χ2n) is 6.24. The molecule has 1 aliphatic heterocycles. The van der Waals surface area contributed by atoms with E-state index >= 15 is 0 Å². The summed E-state index contributed by atoms with van der Waals surface area (Å²) in [5.41, 5.74) is 1.26. The fourth-order valence-electron chi connectivity index (χ4n) is 2.82. The van der Waals surface area contributed by atoms with E-state index in [1.807, 2.05) is 6.07 Å². The summed E-state index contributed by atoms with van der Waals surface area (Å²) < 4.78 is 3.24. The van der Waals surface area contributed by atoms with E-state index in [2.05, 4.69) is 61.6 Å². The van der Waals surface area contributed by atoms with Crippen LogP contribution in [0.2, 0.25) is 5.02 Å². The molecule has 1 aromatic carbocycles. The van der Waals surface area contributed by atoms with Crippen LogP contribution in [0.25, 0.3) is 0 Å². The van der Waals surface area contributed by atoms with Crippen molar-refractivity contribution in [2.45, 2.75) is 39.9 Å². The number of rotatable bonds is 4. The van der Waals surface area contributed by atoms with Crippen LogP contribution in [0.4, 0.5) is 0 Å². The maximum atomic E-state index is 6.05. The summed E-state index contributed by atoms with van der Waals surface area (Å²) in [6.45, 7) is 8.19. The Hall–Kier alpha value is -0.910. The van der Waals surface area contributed by atoms with E-state index < -0.39 is 0 Å². The van der Waals surface area contributed by atoms with E-state index in [1.54, 1.807) is 0 Å². The highest BCUT2D eigenvalue weighted by atomic mass is 79.9. The topological polar surface area (TPSA) is 34.0 Å². The smallest absolute Gasteiger partial charge is 0.147 e. The first-order valence-corrected chi connectivity index (χ1v) is 8.77. The number of nitrogens with zero attached hydrogens (tertiary/aromatic N) is 4. The zero-order valence-corrected chi connectivity index (χ0v) is 15.2. The molecule has 0 radical (unpaired) electrons. The Balaban J connectivity index is 1.69. The van der Waals surface area contributed by atoms with Gasteiger partial charge < -0.3 is 4.57 Å². The minimum Gasteiger partial charge on any atom is -0.313 e. The van der Waals surface area contributed by atoms with Crippen molar-refractivity contribution >= 4 is 27.5 Å². The molecule has 118 valence electrons. The zero-order chi connectivity index (χ0) is 15.7. The fraction of sp³-hybridized carbons (Fsp3) is 0.500. The van der Waals surface area contributed by atoms with E-state index in [-0.39, 0.29) is 0 Å². The van der Waals surface area contributed by atoms with Gasteiger partial charge in [0.25, 0.3) is 0 Å². The molecule has 2 heterocycles. The highest BCUT2D eigenvalue weighted by molar-refractivity contribution is 9.10. The van der Waals surface area contributed by atoms with Gasteiger partial charge in [0.15, 0.2) is 0 Å². The summed E-state index contributed by atoms with van der Waals surface area (Å²) in [5.74, 6) is 2.81. The molecule has 0 spiro atoms. The average molecular weight is 384 g/mol. The number of fused-ring (bicyclic) bond motifs is 1. The lowest BCUT2D eigenvalue weighted by Gasteiger charge is -2.28. The van der Waals surface area contributed by atoms with Crippen LogP contribution in [0.15, 0.2) is 22.7 Å². The fourth-order valence-corrected chi connectivity index (χ4v) is 3.36. The first-order chi connectivity index (χ1) is 10.5. The van der Waals surface area contributed by atoms with Gasteiger partial charge in [-0.25, -0.2) is 0 Å². The molecule has 0 atom stereocenters. The van der Waals surface area contributed by atoms with Gasteiger partial charge in [0, 0.05) is 30.5 Å². The molecule has 0 fully saturated rings. The van der Waals surface area contributed by atoms with Crippen LogP contribution in [0.1, 0.15) is 31.1 Å². The van der Waals surface area contributed by atoms with Gasteiger partial charge in [-0.1, -0.05) is 31.5 Å². The highest BCUT2D eigenvalue weighted by Gasteiger charge is 2.21.